The van der Waals surface area contributed by atoms with Crippen molar-refractivity contribution in [1.29, 1.82) is 0 Å². The second-order valence-electron chi connectivity index (χ2n) is 8.32. The van der Waals surface area contributed by atoms with E-state index in [0.29, 0.717) is 17.6 Å². The molecule has 0 spiro atoms. The van der Waals surface area contributed by atoms with Crippen molar-refractivity contribution in [1.82, 2.24) is 24.7 Å². The fourth-order valence-corrected chi connectivity index (χ4v) is 6.69. The third-order valence-electron chi connectivity index (χ3n) is 5.93. The van der Waals surface area contributed by atoms with E-state index >= 15 is 0 Å². The van der Waals surface area contributed by atoms with Gasteiger partial charge in [-0.05, 0) is 62.1 Å². The largest absolute Gasteiger partial charge is 0.483 e. The van der Waals surface area contributed by atoms with E-state index in [-0.39, 0.29) is 18.4 Å². The average molecular weight is 500 g/mol. The summed E-state index contributed by atoms with van der Waals surface area (Å²) in [6.07, 6.45) is 7.47. The van der Waals surface area contributed by atoms with Crippen LogP contribution in [0.15, 0.2) is 40.8 Å². The van der Waals surface area contributed by atoms with Gasteiger partial charge in [-0.25, -0.2) is 14.4 Å². The molecule has 34 heavy (non-hydrogen) atoms. The van der Waals surface area contributed by atoms with Crippen LogP contribution in [0.5, 0.6) is 5.75 Å². The van der Waals surface area contributed by atoms with Crippen molar-refractivity contribution < 1.29 is 13.9 Å². The standard InChI is InChI=1S/C24H26FN5O2S2/c1-15(12-31-2)30-20(13-32-18-10-7-6-9-17(18)25)28-29-24(30)34-23-21-16-8-4-3-5-11-19(16)33-22(21)26-14-27-23/h6-7,9-10,14-15H,3-5,8,11-13H2,1-2H3/t15-/m0/s1. The van der Waals surface area contributed by atoms with Gasteiger partial charge in [-0.1, -0.05) is 18.6 Å². The summed E-state index contributed by atoms with van der Waals surface area (Å²) in [4.78, 5) is 11.7. The molecule has 1 aliphatic rings. The zero-order valence-corrected chi connectivity index (χ0v) is 20.8. The van der Waals surface area contributed by atoms with Crippen LogP contribution in [-0.4, -0.2) is 38.4 Å². The Hall–Kier alpha value is -2.56. The molecule has 0 aliphatic heterocycles. The van der Waals surface area contributed by atoms with Crippen molar-refractivity contribution in [3.63, 3.8) is 0 Å². The highest BCUT2D eigenvalue weighted by Crippen LogP contribution is 2.40. The number of methoxy groups -OCH3 is 1. The Morgan fingerprint density at radius 2 is 2.00 bits per heavy atom. The lowest BCUT2D eigenvalue weighted by molar-refractivity contribution is 0.154. The van der Waals surface area contributed by atoms with Gasteiger partial charge in [0.15, 0.2) is 22.5 Å². The number of aryl methyl sites for hydroxylation is 2. The van der Waals surface area contributed by atoms with Gasteiger partial charge in [0.25, 0.3) is 0 Å². The summed E-state index contributed by atoms with van der Waals surface area (Å²) >= 11 is 3.27. The maximum atomic E-state index is 14.0. The maximum Gasteiger partial charge on any atom is 0.197 e. The minimum Gasteiger partial charge on any atom is -0.483 e. The van der Waals surface area contributed by atoms with Crippen LogP contribution in [0, 0.1) is 5.82 Å². The molecule has 0 radical (unpaired) electrons. The summed E-state index contributed by atoms with van der Waals surface area (Å²) in [7, 11) is 1.66. The Labute approximate surface area is 205 Å². The molecule has 0 N–H and O–H groups in total. The minimum atomic E-state index is -0.408. The average Bonchev–Trinajstić information content (AvgIpc) is 3.32. The molecular weight excluding hydrogens is 473 g/mol. The Morgan fingerprint density at radius 3 is 2.85 bits per heavy atom. The SMILES string of the molecule is COC[C@H](C)n1c(COc2ccccc2F)nnc1Sc1ncnc2sc3c(c12)CCCCC3. The molecule has 10 heteroatoms. The van der Waals surface area contributed by atoms with E-state index < -0.39 is 5.82 Å². The number of rotatable bonds is 8. The molecule has 1 aromatic carbocycles. The molecule has 5 rings (SSSR count). The number of nitrogens with zero attached hydrogens (tertiary/aromatic N) is 5. The van der Waals surface area contributed by atoms with Gasteiger partial charge in [-0.2, -0.15) is 0 Å². The maximum absolute atomic E-state index is 14.0. The summed E-state index contributed by atoms with van der Waals surface area (Å²) in [5.74, 6) is 0.378. The highest BCUT2D eigenvalue weighted by Gasteiger charge is 2.24. The Kier molecular flexibility index (Phi) is 7.07. The van der Waals surface area contributed by atoms with E-state index in [4.69, 9.17) is 9.47 Å². The van der Waals surface area contributed by atoms with Crippen molar-refractivity contribution in [3.05, 3.63) is 52.7 Å². The fourth-order valence-electron chi connectivity index (χ4n) is 4.34. The third kappa shape index (κ3) is 4.67. The molecule has 0 fully saturated rings. The second kappa shape index (κ2) is 10.4. The summed E-state index contributed by atoms with van der Waals surface area (Å²) < 4.78 is 27.2. The first kappa shape index (κ1) is 23.2. The number of halogens is 1. The van der Waals surface area contributed by atoms with E-state index in [1.807, 2.05) is 11.5 Å². The van der Waals surface area contributed by atoms with Crippen LogP contribution in [-0.2, 0) is 24.2 Å². The van der Waals surface area contributed by atoms with Gasteiger partial charge in [0.1, 0.15) is 22.8 Å². The van der Waals surface area contributed by atoms with E-state index in [9.17, 15) is 4.39 Å². The van der Waals surface area contributed by atoms with Gasteiger partial charge in [0.05, 0.1) is 12.6 Å². The summed E-state index contributed by atoms with van der Waals surface area (Å²) in [5, 5.41) is 11.6. The zero-order chi connectivity index (χ0) is 23.5. The molecule has 0 bridgehead atoms. The first-order chi connectivity index (χ1) is 16.7. The highest BCUT2D eigenvalue weighted by molar-refractivity contribution is 7.99. The predicted octanol–water partition coefficient (Wildman–Crippen LogP) is 5.63. The summed E-state index contributed by atoms with van der Waals surface area (Å²) in [5.41, 5.74) is 1.39. The normalized spacial score (nSPS) is 14.7. The molecule has 0 saturated carbocycles. The van der Waals surface area contributed by atoms with Crippen LogP contribution in [0.4, 0.5) is 4.39 Å². The second-order valence-corrected chi connectivity index (χ2v) is 10.4. The number of ether oxygens (including phenoxy) is 2. The predicted molar refractivity (Wildman–Crippen MR) is 130 cm³/mol. The summed E-state index contributed by atoms with van der Waals surface area (Å²) in [6.45, 7) is 2.61. The van der Waals surface area contributed by atoms with E-state index in [1.54, 1.807) is 43.0 Å². The third-order valence-corrected chi connectivity index (χ3v) is 8.10. The van der Waals surface area contributed by atoms with Gasteiger partial charge in [-0.15, -0.1) is 21.5 Å². The Balaban J connectivity index is 1.48. The summed E-state index contributed by atoms with van der Waals surface area (Å²) in [6, 6.07) is 6.30. The molecule has 0 unspecified atom stereocenters. The van der Waals surface area contributed by atoms with Crippen LogP contribution in [0.2, 0.25) is 0 Å². The molecule has 0 amide bonds. The Bertz CT molecular complexity index is 1290. The van der Waals surface area contributed by atoms with E-state index in [0.717, 1.165) is 28.1 Å². The van der Waals surface area contributed by atoms with Crippen molar-refractivity contribution >= 4 is 33.3 Å². The van der Waals surface area contributed by atoms with Crippen molar-refractivity contribution in [2.24, 2.45) is 0 Å². The molecule has 3 aromatic heterocycles. The lowest BCUT2D eigenvalue weighted by Crippen LogP contribution is -2.16. The van der Waals surface area contributed by atoms with Crippen LogP contribution in [0.25, 0.3) is 10.2 Å². The molecule has 0 saturated heterocycles. The number of thiophene rings is 1. The van der Waals surface area contributed by atoms with Crippen LogP contribution in [0.1, 0.15) is 48.5 Å². The van der Waals surface area contributed by atoms with Crippen molar-refractivity contribution in [3.8, 4) is 5.75 Å². The first-order valence-corrected chi connectivity index (χ1v) is 13.0. The van der Waals surface area contributed by atoms with Crippen LogP contribution in [0.3, 0.4) is 0 Å². The smallest absolute Gasteiger partial charge is 0.197 e. The molecule has 1 aliphatic carbocycles. The number of hydrogen-bond acceptors (Lipinski definition) is 8. The Morgan fingerprint density at radius 1 is 1.15 bits per heavy atom. The number of aromatic nitrogens is 5. The van der Waals surface area contributed by atoms with E-state index in [2.05, 4.69) is 20.2 Å². The lowest BCUT2D eigenvalue weighted by atomic mass is 10.1. The van der Waals surface area contributed by atoms with Gasteiger partial charge in [-0.3, -0.25) is 4.57 Å². The zero-order valence-electron chi connectivity index (χ0n) is 19.2. The number of para-hydroxylation sites is 1. The van der Waals surface area contributed by atoms with E-state index in [1.165, 1.54) is 47.5 Å². The fraction of sp³-hybridized carbons (Fsp3) is 0.417. The molecule has 178 valence electrons. The van der Waals surface area contributed by atoms with Gasteiger partial charge in [0.2, 0.25) is 0 Å². The van der Waals surface area contributed by atoms with Gasteiger partial charge in [0, 0.05) is 17.4 Å². The molecule has 4 aromatic rings. The molecule has 1 atom stereocenters. The monoisotopic (exact) mass is 499 g/mol. The molecular formula is C24H26FN5O2S2. The van der Waals surface area contributed by atoms with Crippen molar-refractivity contribution in [2.75, 3.05) is 13.7 Å². The number of benzene rings is 1. The number of hydrogen-bond donors (Lipinski definition) is 0. The van der Waals surface area contributed by atoms with Crippen LogP contribution >= 0.6 is 23.1 Å². The molecule has 3 heterocycles. The van der Waals surface area contributed by atoms with Gasteiger partial charge < -0.3 is 9.47 Å². The lowest BCUT2D eigenvalue weighted by Gasteiger charge is -2.17. The number of fused-ring (bicyclic) bond motifs is 3. The van der Waals surface area contributed by atoms with Gasteiger partial charge >= 0.3 is 0 Å². The van der Waals surface area contributed by atoms with Crippen LogP contribution < -0.4 is 4.74 Å². The quantitative estimate of drug-likeness (QED) is 0.230. The highest BCUT2D eigenvalue weighted by atomic mass is 32.2. The van der Waals surface area contributed by atoms with Crippen molar-refractivity contribution in [2.45, 2.75) is 61.9 Å². The minimum absolute atomic E-state index is 0.0429. The first-order valence-electron chi connectivity index (χ1n) is 11.4. The topological polar surface area (TPSA) is 75.0 Å². The molecule has 7 nitrogen and oxygen atoms in total.